The standard InChI is InChI=1S/C9H19N3O/c1-9(2,3)13-6-8(12-10)11-7-4-5-7/h7H,4-6,10H2,1-3H3,(H,11,12). The van der Waals surface area contributed by atoms with Gasteiger partial charge >= 0.3 is 0 Å². The van der Waals surface area contributed by atoms with Crippen molar-refractivity contribution in [3.8, 4) is 0 Å². The summed E-state index contributed by atoms with van der Waals surface area (Å²) in [4.78, 5) is 4.37. The summed E-state index contributed by atoms with van der Waals surface area (Å²) in [6.45, 7) is 6.51. The highest BCUT2D eigenvalue weighted by molar-refractivity contribution is 5.83. The molecular formula is C9H19N3O. The lowest BCUT2D eigenvalue weighted by Crippen LogP contribution is -2.36. The number of nitrogens with two attached hydrogens (primary N) is 1. The van der Waals surface area contributed by atoms with Gasteiger partial charge in [-0.15, -0.1) is 0 Å². The third kappa shape index (κ3) is 4.85. The molecule has 1 aliphatic carbocycles. The summed E-state index contributed by atoms with van der Waals surface area (Å²) in [5.74, 6) is 6.07. The predicted molar refractivity (Wildman–Crippen MR) is 53.5 cm³/mol. The number of hydrazine groups is 1. The van der Waals surface area contributed by atoms with Crippen LogP contribution in [0.3, 0.4) is 0 Å². The third-order valence-electron chi connectivity index (χ3n) is 1.69. The summed E-state index contributed by atoms with van der Waals surface area (Å²) in [5.41, 5.74) is 2.43. The van der Waals surface area contributed by atoms with Crippen LogP contribution in [-0.2, 0) is 4.74 Å². The van der Waals surface area contributed by atoms with Gasteiger partial charge in [0.25, 0.3) is 0 Å². The van der Waals surface area contributed by atoms with Crippen molar-refractivity contribution in [1.29, 1.82) is 0 Å². The molecule has 1 rings (SSSR count). The van der Waals surface area contributed by atoms with Gasteiger partial charge in [-0.2, -0.15) is 0 Å². The Morgan fingerprint density at radius 2 is 2.15 bits per heavy atom. The molecule has 4 heteroatoms. The van der Waals surface area contributed by atoms with Gasteiger partial charge in [0.05, 0.1) is 11.6 Å². The van der Waals surface area contributed by atoms with E-state index in [-0.39, 0.29) is 5.60 Å². The molecule has 0 aromatic rings. The minimum absolute atomic E-state index is 0.138. The van der Waals surface area contributed by atoms with Crippen molar-refractivity contribution in [1.82, 2.24) is 5.43 Å². The highest BCUT2D eigenvalue weighted by Gasteiger charge is 2.21. The highest BCUT2D eigenvalue weighted by Crippen LogP contribution is 2.23. The van der Waals surface area contributed by atoms with Crippen molar-refractivity contribution in [2.24, 2.45) is 10.8 Å². The maximum Gasteiger partial charge on any atom is 0.137 e. The summed E-state index contributed by atoms with van der Waals surface area (Å²) in [5, 5.41) is 0. The fourth-order valence-electron chi connectivity index (χ4n) is 0.825. The van der Waals surface area contributed by atoms with Crippen LogP contribution in [0.25, 0.3) is 0 Å². The van der Waals surface area contributed by atoms with Crippen LogP contribution in [0.2, 0.25) is 0 Å². The van der Waals surface area contributed by atoms with Gasteiger partial charge in [-0.1, -0.05) is 0 Å². The average Bonchev–Trinajstić information content (AvgIpc) is 2.79. The van der Waals surface area contributed by atoms with E-state index in [1.54, 1.807) is 0 Å². The molecule has 76 valence electrons. The lowest BCUT2D eigenvalue weighted by molar-refractivity contribution is 0.0202. The zero-order valence-corrected chi connectivity index (χ0v) is 8.63. The molecule has 0 saturated heterocycles. The predicted octanol–water partition coefficient (Wildman–Crippen LogP) is 0.826. The zero-order chi connectivity index (χ0) is 9.90. The monoisotopic (exact) mass is 185 g/mol. The minimum Gasteiger partial charge on any atom is -0.368 e. The second kappa shape index (κ2) is 4.07. The van der Waals surface area contributed by atoms with Gasteiger partial charge in [-0.05, 0) is 33.6 Å². The Hall–Kier alpha value is -0.610. The molecule has 1 saturated carbocycles. The Kier molecular flexibility index (Phi) is 3.27. The van der Waals surface area contributed by atoms with Crippen LogP contribution in [0.1, 0.15) is 33.6 Å². The Morgan fingerprint density at radius 1 is 1.54 bits per heavy atom. The first kappa shape index (κ1) is 10.5. The number of aliphatic imine (C=N–C) groups is 1. The van der Waals surface area contributed by atoms with Crippen LogP contribution in [0.4, 0.5) is 0 Å². The second-order valence-electron chi connectivity index (χ2n) is 4.35. The average molecular weight is 185 g/mol. The molecule has 3 N–H and O–H groups in total. The van der Waals surface area contributed by atoms with Gasteiger partial charge in [-0.25, -0.2) is 5.84 Å². The fraction of sp³-hybridized carbons (Fsp3) is 0.889. The van der Waals surface area contributed by atoms with E-state index in [2.05, 4.69) is 10.4 Å². The second-order valence-corrected chi connectivity index (χ2v) is 4.35. The quantitative estimate of drug-likeness (QED) is 0.296. The molecule has 0 aromatic carbocycles. The van der Waals surface area contributed by atoms with Crippen molar-refractivity contribution in [2.75, 3.05) is 6.61 Å². The van der Waals surface area contributed by atoms with Crippen molar-refractivity contribution in [2.45, 2.75) is 45.3 Å². The molecule has 0 spiro atoms. The largest absolute Gasteiger partial charge is 0.368 e. The topological polar surface area (TPSA) is 59.6 Å². The van der Waals surface area contributed by atoms with Crippen molar-refractivity contribution >= 4 is 5.84 Å². The van der Waals surface area contributed by atoms with Gasteiger partial charge in [0.2, 0.25) is 0 Å². The summed E-state index contributed by atoms with van der Waals surface area (Å²) in [7, 11) is 0. The van der Waals surface area contributed by atoms with Crippen LogP contribution < -0.4 is 11.3 Å². The van der Waals surface area contributed by atoms with E-state index in [0.717, 1.165) is 5.84 Å². The summed E-state index contributed by atoms with van der Waals surface area (Å²) < 4.78 is 5.54. The molecule has 1 fully saturated rings. The maximum atomic E-state index is 5.54. The van der Waals surface area contributed by atoms with Crippen molar-refractivity contribution < 1.29 is 4.74 Å². The lowest BCUT2D eigenvalue weighted by Gasteiger charge is -2.19. The van der Waals surface area contributed by atoms with Crippen LogP contribution in [0, 0.1) is 0 Å². The molecule has 0 amide bonds. The third-order valence-corrected chi connectivity index (χ3v) is 1.69. The van der Waals surface area contributed by atoms with Crippen LogP contribution in [0.5, 0.6) is 0 Å². The SMILES string of the molecule is CC(C)(C)OCC(=NC1CC1)NN. The Bertz CT molecular complexity index is 192. The number of nitrogens with zero attached hydrogens (tertiary/aromatic N) is 1. The van der Waals surface area contributed by atoms with E-state index < -0.39 is 0 Å². The van der Waals surface area contributed by atoms with E-state index in [1.807, 2.05) is 20.8 Å². The van der Waals surface area contributed by atoms with Gasteiger partial charge in [0, 0.05) is 0 Å². The smallest absolute Gasteiger partial charge is 0.137 e. The maximum absolute atomic E-state index is 5.54. The molecule has 1 aliphatic rings. The van der Waals surface area contributed by atoms with Gasteiger partial charge in [-0.3, -0.25) is 4.99 Å². The summed E-state index contributed by atoms with van der Waals surface area (Å²) >= 11 is 0. The van der Waals surface area contributed by atoms with Crippen LogP contribution >= 0.6 is 0 Å². The molecule has 4 nitrogen and oxygen atoms in total. The highest BCUT2D eigenvalue weighted by atomic mass is 16.5. The molecule has 0 heterocycles. The molecule has 0 bridgehead atoms. The number of nitrogens with one attached hydrogen (secondary N) is 1. The number of amidine groups is 1. The van der Waals surface area contributed by atoms with Crippen molar-refractivity contribution in [3.63, 3.8) is 0 Å². The van der Waals surface area contributed by atoms with E-state index in [0.29, 0.717) is 12.6 Å². The van der Waals surface area contributed by atoms with Crippen molar-refractivity contribution in [3.05, 3.63) is 0 Å². The number of ether oxygens (including phenoxy) is 1. The molecule has 13 heavy (non-hydrogen) atoms. The normalized spacial score (nSPS) is 18.9. The van der Waals surface area contributed by atoms with Gasteiger partial charge < -0.3 is 10.2 Å². The van der Waals surface area contributed by atoms with E-state index in [1.165, 1.54) is 12.8 Å². The summed E-state index contributed by atoms with van der Waals surface area (Å²) in [6, 6.07) is 0.481. The molecule has 0 aromatic heterocycles. The molecule has 0 radical (unpaired) electrons. The molecule has 0 atom stereocenters. The minimum atomic E-state index is -0.138. The van der Waals surface area contributed by atoms with E-state index in [9.17, 15) is 0 Å². The zero-order valence-electron chi connectivity index (χ0n) is 8.63. The van der Waals surface area contributed by atoms with Crippen LogP contribution in [0.15, 0.2) is 4.99 Å². The Morgan fingerprint density at radius 3 is 2.54 bits per heavy atom. The van der Waals surface area contributed by atoms with Gasteiger partial charge in [0.15, 0.2) is 0 Å². The molecular weight excluding hydrogens is 166 g/mol. The summed E-state index contributed by atoms with van der Waals surface area (Å²) in [6.07, 6.45) is 2.36. The Balaban J connectivity index is 2.31. The van der Waals surface area contributed by atoms with Gasteiger partial charge in [0.1, 0.15) is 12.4 Å². The molecule has 0 unspecified atom stereocenters. The number of hydrogen-bond acceptors (Lipinski definition) is 3. The first-order valence-electron chi connectivity index (χ1n) is 4.68. The fourth-order valence-corrected chi connectivity index (χ4v) is 0.825. The molecule has 0 aliphatic heterocycles. The number of rotatable bonds is 3. The lowest BCUT2D eigenvalue weighted by atomic mass is 10.2. The van der Waals surface area contributed by atoms with Crippen LogP contribution in [-0.4, -0.2) is 24.1 Å². The Labute approximate surface area is 79.5 Å². The van der Waals surface area contributed by atoms with E-state index in [4.69, 9.17) is 10.6 Å². The number of hydrogen-bond donors (Lipinski definition) is 2. The van der Waals surface area contributed by atoms with E-state index >= 15 is 0 Å². The first-order valence-corrected chi connectivity index (χ1v) is 4.68. The first-order chi connectivity index (χ1) is 6.01.